The molecule has 1 aromatic rings. The van der Waals surface area contributed by atoms with Gasteiger partial charge in [-0.15, -0.1) is 0 Å². The molecular formula is C22H38Cl2N6O3. The molecule has 9 nitrogen and oxygen atoms in total. The number of carbonyl (C=O) groups is 2. The van der Waals surface area contributed by atoms with E-state index >= 15 is 0 Å². The number of hydrogen-bond donors (Lipinski definition) is 2. The average Bonchev–Trinajstić information content (AvgIpc) is 2.72. The molecule has 2 aliphatic rings. The second-order valence-electron chi connectivity index (χ2n) is 9.86. The van der Waals surface area contributed by atoms with Crippen LogP contribution in [0.2, 0.25) is 0 Å². The van der Waals surface area contributed by atoms with Gasteiger partial charge in [-0.25, -0.2) is 0 Å². The molecule has 2 amide bonds. The van der Waals surface area contributed by atoms with E-state index in [1.165, 1.54) is 0 Å². The average molecular weight is 505 g/mol. The lowest BCUT2D eigenvalue weighted by atomic mass is 10.2. The van der Waals surface area contributed by atoms with Crippen molar-refractivity contribution in [1.29, 1.82) is 0 Å². The van der Waals surface area contributed by atoms with Crippen molar-refractivity contribution in [2.45, 2.75) is 0 Å². The van der Waals surface area contributed by atoms with Crippen LogP contribution in [-0.4, -0.2) is 129 Å². The SMILES string of the molecule is CN1CC[N+](C)(CC(=O)Nc2ccc(N(O)C(=O)C[N+]3(C)CCN(C)CC3)cc2)CC1.[Cl-].[Cl-]. The first-order chi connectivity index (χ1) is 14.6. The van der Waals surface area contributed by atoms with E-state index in [2.05, 4.69) is 43.3 Å². The van der Waals surface area contributed by atoms with E-state index in [4.69, 9.17) is 0 Å². The minimum absolute atomic E-state index is 0. The lowest BCUT2D eigenvalue weighted by Gasteiger charge is -2.40. The molecular weight excluding hydrogens is 467 g/mol. The van der Waals surface area contributed by atoms with Crippen LogP contribution in [0.15, 0.2) is 24.3 Å². The first-order valence-electron chi connectivity index (χ1n) is 11.0. The molecule has 2 heterocycles. The number of nitrogens with zero attached hydrogens (tertiary/aromatic N) is 5. The molecule has 0 radical (unpaired) electrons. The molecule has 3 rings (SSSR count). The highest BCUT2D eigenvalue weighted by atomic mass is 35.5. The molecule has 0 unspecified atom stereocenters. The summed E-state index contributed by atoms with van der Waals surface area (Å²) in [5, 5.41) is 14.1. The zero-order chi connectivity index (χ0) is 22.6. The van der Waals surface area contributed by atoms with Gasteiger partial charge >= 0.3 is 5.91 Å². The summed E-state index contributed by atoms with van der Waals surface area (Å²) in [5.74, 6) is -0.347. The Morgan fingerprint density at radius 3 is 1.76 bits per heavy atom. The summed E-state index contributed by atoms with van der Waals surface area (Å²) in [7, 11) is 8.36. The Balaban J connectivity index is 0.00000272. The highest BCUT2D eigenvalue weighted by molar-refractivity contribution is 5.94. The van der Waals surface area contributed by atoms with Crippen molar-refractivity contribution >= 4 is 23.2 Å². The lowest BCUT2D eigenvalue weighted by Crippen LogP contribution is -3.00. The number of piperazine rings is 2. The molecule has 0 bridgehead atoms. The van der Waals surface area contributed by atoms with E-state index in [-0.39, 0.29) is 43.2 Å². The molecule has 2 saturated heterocycles. The predicted octanol–water partition coefficient (Wildman–Crippen LogP) is -5.86. The van der Waals surface area contributed by atoms with Gasteiger partial charge < -0.3 is 39.1 Å². The number of anilines is 2. The Morgan fingerprint density at radius 2 is 1.30 bits per heavy atom. The first kappa shape index (κ1) is 29.6. The normalized spacial score (nSPS) is 20.2. The Kier molecular flexibility index (Phi) is 11.0. The van der Waals surface area contributed by atoms with Crippen LogP contribution in [0.5, 0.6) is 0 Å². The molecule has 0 saturated carbocycles. The maximum absolute atomic E-state index is 12.6. The van der Waals surface area contributed by atoms with Crippen LogP contribution < -0.4 is 35.2 Å². The molecule has 2 fully saturated rings. The minimum atomic E-state index is -0.323. The highest BCUT2D eigenvalue weighted by Gasteiger charge is 2.32. The summed E-state index contributed by atoms with van der Waals surface area (Å²) >= 11 is 0. The summed E-state index contributed by atoms with van der Waals surface area (Å²) in [6.45, 7) is 8.25. The molecule has 188 valence electrons. The van der Waals surface area contributed by atoms with Gasteiger partial charge in [0.2, 0.25) is 0 Å². The fourth-order valence-corrected chi connectivity index (χ4v) is 4.18. The smallest absolute Gasteiger partial charge is 0.305 e. The third kappa shape index (κ3) is 8.36. The van der Waals surface area contributed by atoms with Gasteiger partial charge in [0.1, 0.15) is 0 Å². The number of hydroxylamine groups is 1. The summed E-state index contributed by atoms with van der Waals surface area (Å²) in [6, 6.07) is 6.76. The van der Waals surface area contributed by atoms with Crippen molar-refractivity contribution in [2.24, 2.45) is 0 Å². The Morgan fingerprint density at radius 1 is 0.879 bits per heavy atom. The van der Waals surface area contributed by atoms with Crippen molar-refractivity contribution in [3.63, 3.8) is 0 Å². The van der Waals surface area contributed by atoms with Crippen LogP contribution in [-0.2, 0) is 9.59 Å². The van der Waals surface area contributed by atoms with E-state index in [0.29, 0.717) is 22.4 Å². The zero-order valence-corrected chi connectivity index (χ0v) is 21.6. The van der Waals surface area contributed by atoms with Gasteiger partial charge in [-0.3, -0.25) is 24.6 Å². The second-order valence-corrected chi connectivity index (χ2v) is 9.86. The van der Waals surface area contributed by atoms with Gasteiger partial charge in [-0.2, -0.15) is 5.06 Å². The molecule has 11 heteroatoms. The Hall–Kier alpha value is -1.46. The third-order valence-electron chi connectivity index (χ3n) is 6.76. The van der Waals surface area contributed by atoms with Gasteiger partial charge in [0.25, 0.3) is 5.91 Å². The number of benzene rings is 1. The van der Waals surface area contributed by atoms with E-state index in [1.807, 2.05) is 0 Å². The van der Waals surface area contributed by atoms with Crippen LogP contribution in [0.4, 0.5) is 11.4 Å². The molecule has 0 aromatic heterocycles. The Bertz CT molecular complexity index is 779. The molecule has 2 aliphatic heterocycles. The van der Waals surface area contributed by atoms with Gasteiger partial charge in [-0.05, 0) is 38.4 Å². The molecule has 0 atom stereocenters. The number of likely N-dealkylation sites (N-methyl/N-ethyl adjacent to an activating group) is 4. The highest BCUT2D eigenvalue weighted by Crippen LogP contribution is 2.19. The van der Waals surface area contributed by atoms with Gasteiger partial charge in [0, 0.05) is 31.9 Å². The fourth-order valence-electron chi connectivity index (χ4n) is 4.18. The van der Waals surface area contributed by atoms with Crippen LogP contribution in [0.1, 0.15) is 0 Å². The predicted molar refractivity (Wildman–Crippen MR) is 121 cm³/mol. The monoisotopic (exact) mass is 504 g/mol. The maximum Gasteiger partial charge on any atom is 0.305 e. The number of halogens is 2. The summed E-state index contributed by atoms with van der Waals surface area (Å²) in [6.07, 6.45) is 0. The molecule has 33 heavy (non-hydrogen) atoms. The van der Waals surface area contributed by atoms with Crippen molar-refractivity contribution in [1.82, 2.24) is 9.80 Å². The van der Waals surface area contributed by atoms with Crippen LogP contribution in [0.3, 0.4) is 0 Å². The van der Waals surface area contributed by atoms with Crippen molar-refractivity contribution in [2.75, 3.05) is 104 Å². The largest absolute Gasteiger partial charge is 1.00 e. The topological polar surface area (TPSA) is 76.1 Å². The van der Waals surface area contributed by atoms with Gasteiger partial charge in [-0.1, -0.05) is 0 Å². The maximum atomic E-state index is 12.6. The second kappa shape index (κ2) is 12.3. The fraction of sp³-hybridized carbons (Fsp3) is 0.636. The summed E-state index contributed by atoms with van der Waals surface area (Å²) in [5.41, 5.74) is 1.06. The van der Waals surface area contributed by atoms with Crippen LogP contribution in [0.25, 0.3) is 0 Å². The number of hydrogen-bond acceptors (Lipinski definition) is 5. The molecule has 2 N–H and O–H groups in total. The van der Waals surface area contributed by atoms with Gasteiger partial charge in [0.05, 0.1) is 46.0 Å². The molecule has 1 aromatic carbocycles. The number of carbonyl (C=O) groups excluding carboxylic acids is 2. The van der Waals surface area contributed by atoms with Gasteiger partial charge in [0.15, 0.2) is 13.1 Å². The summed E-state index contributed by atoms with van der Waals surface area (Å²) < 4.78 is 1.36. The molecule has 0 spiro atoms. The van der Waals surface area contributed by atoms with Crippen LogP contribution in [0, 0.1) is 0 Å². The number of nitrogens with one attached hydrogen (secondary N) is 1. The first-order valence-corrected chi connectivity index (χ1v) is 11.0. The van der Waals surface area contributed by atoms with Crippen molar-refractivity contribution < 1.29 is 48.6 Å². The lowest BCUT2D eigenvalue weighted by molar-refractivity contribution is -0.906. The zero-order valence-electron chi connectivity index (χ0n) is 20.1. The number of amides is 2. The quantitative estimate of drug-likeness (QED) is 0.229. The van der Waals surface area contributed by atoms with Crippen molar-refractivity contribution in [3.05, 3.63) is 24.3 Å². The van der Waals surface area contributed by atoms with E-state index in [1.54, 1.807) is 24.3 Å². The number of rotatable bonds is 6. The standard InChI is InChI=1S/C22H37N6O3.2ClH/c1-24-9-13-27(3,14-10-24)17-21(29)23-19-5-7-20(8-6-19)26(31)22(30)18-28(4)15-11-25(2)12-16-28;;/h5-8,31H,9-18H2,1-4H3;2*1H/q+1;;/p-1. The number of quaternary nitrogens is 2. The summed E-state index contributed by atoms with van der Waals surface area (Å²) in [4.78, 5) is 29.7. The molecule has 0 aliphatic carbocycles. The van der Waals surface area contributed by atoms with E-state index < -0.39 is 0 Å². The van der Waals surface area contributed by atoms with Crippen LogP contribution >= 0.6 is 0 Å². The third-order valence-corrected chi connectivity index (χ3v) is 6.76. The minimum Gasteiger partial charge on any atom is -1.00 e. The van der Waals surface area contributed by atoms with E-state index in [9.17, 15) is 14.8 Å². The van der Waals surface area contributed by atoms with Crippen molar-refractivity contribution in [3.8, 4) is 0 Å². The Labute approximate surface area is 209 Å². The van der Waals surface area contributed by atoms with E-state index in [0.717, 1.165) is 61.9 Å².